The van der Waals surface area contributed by atoms with Gasteiger partial charge in [-0.2, -0.15) is 4.98 Å². The van der Waals surface area contributed by atoms with Crippen LogP contribution in [0.2, 0.25) is 0 Å². The van der Waals surface area contributed by atoms with Crippen molar-refractivity contribution in [3.63, 3.8) is 0 Å². The molecular formula is C18H14F3N3O5. The maximum absolute atomic E-state index is 12.2. The molecule has 1 aromatic heterocycles. The van der Waals surface area contributed by atoms with Gasteiger partial charge in [0, 0.05) is 11.1 Å². The van der Waals surface area contributed by atoms with Gasteiger partial charge in [-0.1, -0.05) is 5.16 Å². The van der Waals surface area contributed by atoms with Crippen LogP contribution in [-0.2, 0) is 0 Å². The summed E-state index contributed by atoms with van der Waals surface area (Å²) in [4.78, 5) is 16.3. The standard InChI is InChI=1S/C18H14F3N3O5/c19-18(20,21)28-13-7-3-10(4-8-13)15-23-17(29-24-15)14(9-25)22-16(27)11-1-5-12(26)6-2-11/h1-8,14,25-26H,9H2,(H,22,27). The summed E-state index contributed by atoms with van der Waals surface area (Å²) in [7, 11) is 0. The van der Waals surface area contributed by atoms with Gasteiger partial charge in [0.15, 0.2) is 0 Å². The summed E-state index contributed by atoms with van der Waals surface area (Å²) in [6, 6.07) is 9.23. The number of aliphatic hydroxyl groups excluding tert-OH is 1. The maximum atomic E-state index is 12.2. The first kappa shape index (κ1) is 20.1. The van der Waals surface area contributed by atoms with Crippen molar-refractivity contribution in [2.75, 3.05) is 6.61 Å². The maximum Gasteiger partial charge on any atom is 0.573 e. The number of aromatic nitrogens is 2. The Hall–Kier alpha value is -3.60. The third-order valence-corrected chi connectivity index (χ3v) is 3.70. The Kier molecular flexibility index (Phi) is 5.69. The number of alkyl halides is 3. The molecule has 0 saturated heterocycles. The molecule has 0 bridgehead atoms. The molecule has 0 fully saturated rings. The summed E-state index contributed by atoms with van der Waals surface area (Å²) in [5, 5.41) is 25.0. The predicted molar refractivity (Wildman–Crippen MR) is 91.8 cm³/mol. The van der Waals surface area contributed by atoms with E-state index >= 15 is 0 Å². The Balaban J connectivity index is 1.71. The van der Waals surface area contributed by atoms with Crippen LogP contribution < -0.4 is 10.1 Å². The SMILES string of the molecule is O=C(NC(CO)c1nc(-c2ccc(OC(F)(F)F)cc2)no1)c1ccc(O)cc1. The number of nitrogens with one attached hydrogen (secondary N) is 1. The number of ether oxygens (including phenoxy) is 1. The third-order valence-electron chi connectivity index (χ3n) is 3.70. The van der Waals surface area contributed by atoms with Crippen molar-refractivity contribution in [1.82, 2.24) is 15.5 Å². The van der Waals surface area contributed by atoms with Crippen LogP contribution in [0.3, 0.4) is 0 Å². The highest BCUT2D eigenvalue weighted by molar-refractivity contribution is 5.94. The van der Waals surface area contributed by atoms with E-state index in [1.54, 1.807) is 0 Å². The minimum atomic E-state index is -4.80. The molecule has 0 aliphatic carbocycles. The van der Waals surface area contributed by atoms with Gasteiger partial charge in [-0.05, 0) is 48.5 Å². The number of nitrogens with zero attached hydrogens (tertiary/aromatic N) is 2. The van der Waals surface area contributed by atoms with Crippen LogP contribution in [-0.4, -0.2) is 39.2 Å². The Morgan fingerprint density at radius 2 is 1.79 bits per heavy atom. The highest BCUT2D eigenvalue weighted by atomic mass is 19.4. The van der Waals surface area contributed by atoms with Crippen LogP contribution in [0.5, 0.6) is 11.5 Å². The van der Waals surface area contributed by atoms with Crippen LogP contribution in [0.25, 0.3) is 11.4 Å². The second-order valence-electron chi connectivity index (χ2n) is 5.78. The number of hydrogen-bond acceptors (Lipinski definition) is 7. The second kappa shape index (κ2) is 8.19. The number of benzene rings is 2. The highest BCUT2D eigenvalue weighted by Crippen LogP contribution is 2.26. The van der Waals surface area contributed by atoms with E-state index in [0.29, 0.717) is 5.56 Å². The number of hydrogen-bond donors (Lipinski definition) is 3. The van der Waals surface area contributed by atoms with E-state index in [9.17, 15) is 28.2 Å². The fourth-order valence-electron chi connectivity index (χ4n) is 2.34. The molecule has 1 heterocycles. The van der Waals surface area contributed by atoms with Gasteiger partial charge in [-0.3, -0.25) is 4.79 Å². The Bertz CT molecular complexity index is 972. The van der Waals surface area contributed by atoms with Crippen molar-refractivity contribution in [2.45, 2.75) is 12.4 Å². The van der Waals surface area contributed by atoms with Crippen LogP contribution in [0.1, 0.15) is 22.3 Å². The molecule has 3 N–H and O–H groups in total. The molecule has 0 saturated carbocycles. The molecular weight excluding hydrogens is 395 g/mol. The van der Waals surface area contributed by atoms with Crippen LogP contribution >= 0.6 is 0 Å². The lowest BCUT2D eigenvalue weighted by molar-refractivity contribution is -0.274. The summed E-state index contributed by atoms with van der Waals surface area (Å²) in [6.45, 7) is -0.538. The number of halogens is 3. The van der Waals surface area contributed by atoms with E-state index in [1.807, 2.05) is 0 Å². The normalized spacial score (nSPS) is 12.4. The minimum Gasteiger partial charge on any atom is -0.508 e. The molecule has 3 aromatic rings. The van der Waals surface area contributed by atoms with Gasteiger partial charge in [0.05, 0.1) is 6.61 Å². The van der Waals surface area contributed by atoms with E-state index in [2.05, 4.69) is 20.2 Å². The zero-order chi connectivity index (χ0) is 21.0. The molecule has 0 aliphatic rings. The average molecular weight is 409 g/mol. The van der Waals surface area contributed by atoms with Gasteiger partial charge in [-0.25, -0.2) is 0 Å². The van der Waals surface area contributed by atoms with E-state index in [1.165, 1.54) is 36.4 Å². The summed E-state index contributed by atoms with van der Waals surface area (Å²) in [5.74, 6) is -0.994. The molecule has 1 amide bonds. The van der Waals surface area contributed by atoms with Crippen molar-refractivity contribution in [1.29, 1.82) is 0 Å². The zero-order valence-corrected chi connectivity index (χ0v) is 14.6. The molecule has 0 spiro atoms. The first-order valence-corrected chi connectivity index (χ1v) is 8.16. The number of phenolic OH excluding ortho intramolecular Hbond substituents is 1. The molecule has 8 nitrogen and oxygen atoms in total. The topological polar surface area (TPSA) is 118 Å². The zero-order valence-electron chi connectivity index (χ0n) is 14.6. The molecule has 2 aromatic carbocycles. The van der Waals surface area contributed by atoms with Crippen molar-refractivity contribution < 1.29 is 37.4 Å². The van der Waals surface area contributed by atoms with Gasteiger partial charge in [0.1, 0.15) is 17.5 Å². The Labute approximate surface area is 161 Å². The lowest BCUT2D eigenvalue weighted by Gasteiger charge is -2.12. The molecule has 1 unspecified atom stereocenters. The highest BCUT2D eigenvalue weighted by Gasteiger charge is 2.31. The van der Waals surface area contributed by atoms with Gasteiger partial charge < -0.3 is 24.8 Å². The number of amides is 1. The molecule has 29 heavy (non-hydrogen) atoms. The molecule has 11 heteroatoms. The lowest BCUT2D eigenvalue weighted by atomic mass is 10.2. The van der Waals surface area contributed by atoms with Crippen molar-refractivity contribution in [3.05, 3.63) is 60.0 Å². The summed E-state index contributed by atoms with van der Waals surface area (Å²) >= 11 is 0. The fraction of sp³-hybridized carbons (Fsp3) is 0.167. The third kappa shape index (κ3) is 5.23. The van der Waals surface area contributed by atoms with Crippen molar-refractivity contribution in [3.8, 4) is 22.9 Å². The molecule has 0 radical (unpaired) electrons. The number of carbonyl (C=O) groups is 1. The Morgan fingerprint density at radius 3 is 2.38 bits per heavy atom. The van der Waals surface area contributed by atoms with Gasteiger partial charge in [-0.15, -0.1) is 13.2 Å². The van der Waals surface area contributed by atoms with E-state index < -0.39 is 30.7 Å². The second-order valence-corrected chi connectivity index (χ2v) is 5.78. The van der Waals surface area contributed by atoms with Crippen molar-refractivity contribution >= 4 is 5.91 Å². The number of aromatic hydroxyl groups is 1. The van der Waals surface area contributed by atoms with Gasteiger partial charge in [0.25, 0.3) is 11.8 Å². The van der Waals surface area contributed by atoms with Gasteiger partial charge >= 0.3 is 6.36 Å². The largest absolute Gasteiger partial charge is 0.573 e. The van der Waals surface area contributed by atoms with Crippen LogP contribution in [0.4, 0.5) is 13.2 Å². The molecule has 3 rings (SSSR count). The van der Waals surface area contributed by atoms with E-state index in [-0.39, 0.29) is 23.0 Å². The molecule has 0 aliphatic heterocycles. The first-order valence-electron chi connectivity index (χ1n) is 8.16. The summed E-state index contributed by atoms with van der Waals surface area (Å²) in [5.41, 5.74) is 0.581. The Morgan fingerprint density at radius 1 is 1.14 bits per heavy atom. The quantitative estimate of drug-likeness (QED) is 0.573. The monoisotopic (exact) mass is 409 g/mol. The summed E-state index contributed by atoms with van der Waals surface area (Å²) in [6.07, 6.45) is -4.80. The first-order chi connectivity index (χ1) is 13.7. The molecule has 1 atom stereocenters. The predicted octanol–water partition coefficient (Wildman–Crippen LogP) is 2.80. The van der Waals surface area contributed by atoms with E-state index in [4.69, 9.17) is 4.52 Å². The van der Waals surface area contributed by atoms with Gasteiger partial charge in [0.2, 0.25) is 5.82 Å². The van der Waals surface area contributed by atoms with Crippen molar-refractivity contribution in [2.24, 2.45) is 0 Å². The van der Waals surface area contributed by atoms with Crippen LogP contribution in [0.15, 0.2) is 53.1 Å². The number of aliphatic hydroxyl groups is 1. The van der Waals surface area contributed by atoms with Crippen LogP contribution in [0, 0.1) is 0 Å². The minimum absolute atomic E-state index is 0.00606. The number of phenols is 1. The number of carbonyl (C=O) groups excluding carboxylic acids is 1. The smallest absolute Gasteiger partial charge is 0.508 e. The number of rotatable bonds is 6. The summed E-state index contributed by atoms with van der Waals surface area (Å²) < 4.78 is 45.5. The van der Waals surface area contributed by atoms with E-state index in [0.717, 1.165) is 12.1 Å². The average Bonchev–Trinajstić information content (AvgIpc) is 3.15. The lowest BCUT2D eigenvalue weighted by Crippen LogP contribution is -2.31. The fourth-order valence-corrected chi connectivity index (χ4v) is 2.34. The molecule has 152 valence electrons.